The monoisotopic (exact) mass is 262 g/mol. The van der Waals surface area contributed by atoms with E-state index in [-0.39, 0.29) is 5.91 Å². The van der Waals surface area contributed by atoms with E-state index in [0.717, 1.165) is 42.6 Å². The van der Waals surface area contributed by atoms with E-state index in [0.29, 0.717) is 6.54 Å². The SMILES string of the molecule is COc1cc(C)ccc1CNC(=O)C1(N)CCCC1. The minimum Gasteiger partial charge on any atom is -0.496 e. The first-order valence-electron chi connectivity index (χ1n) is 6.76. The molecule has 4 heteroatoms. The smallest absolute Gasteiger partial charge is 0.240 e. The molecule has 0 spiro atoms. The molecule has 0 saturated heterocycles. The first-order valence-corrected chi connectivity index (χ1v) is 6.76. The Balaban J connectivity index is 2.00. The van der Waals surface area contributed by atoms with Crippen molar-refractivity contribution in [1.82, 2.24) is 5.32 Å². The zero-order valence-electron chi connectivity index (χ0n) is 11.7. The van der Waals surface area contributed by atoms with Gasteiger partial charge in [-0.2, -0.15) is 0 Å². The molecule has 19 heavy (non-hydrogen) atoms. The highest BCUT2D eigenvalue weighted by Crippen LogP contribution is 2.27. The number of rotatable bonds is 4. The van der Waals surface area contributed by atoms with Gasteiger partial charge in [0.05, 0.1) is 12.6 Å². The van der Waals surface area contributed by atoms with E-state index < -0.39 is 5.54 Å². The lowest BCUT2D eigenvalue weighted by Gasteiger charge is -2.22. The van der Waals surface area contributed by atoms with Crippen LogP contribution in [0.4, 0.5) is 0 Å². The Kier molecular flexibility index (Phi) is 4.10. The second-order valence-electron chi connectivity index (χ2n) is 5.36. The predicted molar refractivity (Wildman–Crippen MR) is 75.0 cm³/mol. The van der Waals surface area contributed by atoms with Crippen LogP contribution in [0.25, 0.3) is 0 Å². The molecule has 1 amide bonds. The van der Waals surface area contributed by atoms with Crippen molar-refractivity contribution >= 4 is 5.91 Å². The number of methoxy groups -OCH3 is 1. The molecule has 0 aromatic heterocycles. The van der Waals surface area contributed by atoms with Crippen molar-refractivity contribution in [2.45, 2.75) is 44.7 Å². The highest BCUT2D eigenvalue weighted by atomic mass is 16.5. The second kappa shape index (κ2) is 5.61. The number of ether oxygens (including phenoxy) is 1. The minimum absolute atomic E-state index is 0.0485. The Morgan fingerprint density at radius 1 is 1.42 bits per heavy atom. The van der Waals surface area contributed by atoms with Gasteiger partial charge in [0.15, 0.2) is 0 Å². The summed E-state index contributed by atoms with van der Waals surface area (Å²) in [6.07, 6.45) is 3.64. The van der Waals surface area contributed by atoms with E-state index in [1.54, 1.807) is 7.11 Å². The molecule has 0 aliphatic heterocycles. The maximum atomic E-state index is 12.1. The topological polar surface area (TPSA) is 64.3 Å². The highest BCUT2D eigenvalue weighted by molar-refractivity contribution is 5.86. The fraction of sp³-hybridized carbons (Fsp3) is 0.533. The van der Waals surface area contributed by atoms with Crippen LogP contribution < -0.4 is 15.8 Å². The van der Waals surface area contributed by atoms with E-state index in [4.69, 9.17) is 10.5 Å². The van der Waals surface area contributed by atoms with Gasteiger partial charge in [0, 0.05) is 12.1 Å². The molecule has 4 nitrogen and oxygen atoms in total. The number of carbonyl (C=O) groups is 1. The molecule has 1 fully saturated rings. The van der Waals surface area contributed by atoms with Gasteiger partial charge in [-0.25, -0.2) is 0 Å². The molecule has 2 rings (SSSR count). The third kappa shape index (κ3) is 3.07. The van der Waals surface area contributed by atoms with Crippen molar-refractivity contribution in [2.24, 2.45) is 5.73 Å². The molecule has 1 aromatic rings. The number of hydrogen-bond acceptors (Lipinski definition) is 3. The number of amides is 1. The summed E-state index contributed by atoms with van der Waals surface area (Å²) in [7, 11) is 1.64. The quantitative estimate of drug-likeness (QED) is 0.871. The Bertz CT molecular complexity index is 465. The van der Waals surface area contributed by atoms with E-state index in [1.807, 2.05) is 25.1 Å². The van der Waals surface area contributed by atoms with Gasteiger partial charge in [0.2, 0.25) is 5.91 Å². The Hall–Kier alpha value is -1.55. The normalized spacial score (nSPS) is 17.2. The van der Waals surface area contributed by atoms with Crippen LogP contribution in [0.3, 0.4) is 0 Å². The van der Waals surface area contributed by atoms with Crippen LogP contribution in [0, 0.1) is 6.92 Å². The Labute approximate surface area is 114 Å². The number of nitrogens with two attached hydrogens (primary N) is 1. The molecule has 1 saturated carbocycles. The zero-order valence-corrected chi connectivity index (χ0v) is 11.7. The number of benzene rings is 1. The average molecular weight is 262 g/mol. The maximum absolute atomic E-state index is 12.1. The first-order chi connectivity index (χ1) is 9.05. The van der Waals surface area contributed by atoms with Gasteiger partial charge in [0.25, 0.3) is 0 Å². The van der Waals surface area contributed by atoms with Crippen molar-refractivity contribution in [1.29, 1.82) is 0 Å². The summed E-state index contributed by atoms with van der Waals surface area (Å²) in [6.45, 7) is 2.47. The lowest BCUT2D eigenvalue weighted by molar-refractivity contribution is -0.126. The molecular weight excluding hydrogens is 240 g/mol. The number of aryl methyl sites for hydroxylation is 1. The van der Waals surface area contributed by atoms with Crippen molar-refractivity contribution in [3.8, 4) is 5.75 Å². The van der Waals surface area contributed by atoms with Crippen molar-refractivity contribution in [3.05, 3.63) is 29.3 Å². The largest absolute Gasteiger partial charge is 0.496 e. The van der Waals surface area contributed by atoms with Crippen LogP contribution in [-0.2, 0) is 11.3 Å². The summed E-state index contributed by atoms with van der Waals surface area (Å²) in [6, 6.07) is 5.96. The lowest BCUT2D eigenvalue weighted by Crippen LogP contribution is -2.51. The van der Waals surface area contributed by atoms with E-state index >= 15 is 0 Å². The standard InChI is InChI=1S/C15H22N2O2/c1-11-5-6-12(13(9-11)19-2)10-17-14(18)15(16)7-3-4-8-15/h5-6,9H,3-4,7-8,10,16H2,1-2H3,(H,17,18). The summed E-state index contributed by atoms with van der Waals surface area (Å²) in [5.74, 6) is 0.755. The Morgan fingerprint density at radius 2 is 2.11 bits per heavy atom. The van der Waals surface area contributed by atoms with Crippen LogP contribution in [0.1, 0.15) is 36.8 Å². The van der Waals surface area contributed by atoms with Crippen LogP contribution in [-0.4, -0.2) is 18.6 Å². The van der Waals surface area contributed by atoms with Crippen molar-refractivity contribution in [2.75, 3.05) is 7.11 Å². The fourth-order valence-electron chi connectivity index (χ4n) is 2.58. The van der Waals surface area contributed by atoms with Gasteiger partial charge in [-0.15, -0.1) is 0 Å². The first kappa shape index (κ1) is 13.9. The molecule has 0 heterocycles. The molecule has 3 N–H and O–H groups in total. The van der Waals surface area contributed by atoms with Crippen LogP contribution >= 0.6 is 0 Å². The molecule has 0 bridgehead atoms. The molecule has 0 radical (unpaired) electrons. The summed E-state index contributed by atoms with van der Waals surface area (Å²) < 4.78 is 5.33. The molecule has 0 atom stereocenters. The van der Waals surface area contributed by atoms with E-state index in [2.05, 4.69) is 5.32 Å². The van der Waals surface area contributed by atoms with E-state index in [9.17, 15) is 4.79 Å². The fourth-order valence-corrected chi connectivity index (χ4v) is 2.58. The Morgan fingerprint density at radius 3 is 2.74 bits per heavy atom. The van der Waals surface area contributed by atoms with Crippen molar-refractivity contribution < 1.29 is 9.53 Å². The van der Waals surface area contributed by atoms with E-state index in [1.165, 1.54) is 0 Å². The zero-order chi connectivity index (χ0) is 13.9. The average Bonchev–Trinajstić information content (AvgIpc) is 2.85. The van der Waals surface area contributed by atoms with Crippen LogP contribution in [0.15, 0.2) is 18.2 Å². The third-order valence-electron chi connectivity index (χ3n) is 3.83. The van der Waals surface area contributed by atoms with Gasteiger partial charge in [-0.1, -0.05) is 25.0 Å². The second-order valence-corrected chi connectivity index (χ2v) is 5.36. The summed E-state index contributed by atoms with van der Waals surface area (Å²) >= 11 is 0. The van der Waals surface area contributed by atoms with Crippen LogP contribution in [0.5, 0.6) is 5.75 Å². The van der Waals surface area contributed by atoms with Gasteiger partial charge < -0.3 is 15.8 Å². The maximum Gasteiger partial charge on any atom is 0.240 e. The van der Waals surface area contributed by atoms with Crippen molar-refractivity contribution in [3.63, 3.8) is 0 Å². The third-order valence-corrected chi connectivity index (χ3v) is 3.83. The molecule has 1 aromatic carbocycles. The number of nitrogens with one attached hydrogen (secondary N) is 1. The predicted octanol–water partition coefficient (Wildman–Crippen LogP) is 1.89. The number of hydrogen-bond donors (Lipinski definition) is 2. The van der Waals surface area contributed by atoms with Crippen LogP contribution in [0.2, 0.25) is 0 Å². The summed E-state index contributed by atoms with van der Waals surface area (Å²) in [5, 5.41) is 2.93. The molecule has 1 aliphatic rings. The lowest BCUT2D eigenvalue weighted by atomic mass is 9.98. The van der Waals surface area contributed by atoms with Gasteiger partial charge in [0.1, 0.15) is 5.75 Å². The molecule has 104 valence electrons. The molecular formula is C15H22N2O2. The van der Waals surface area contributed by atoms with Gasteiger partial charge in [-0.3, -0.25) is 4.79 Å². The summed E-state index contributed by atoms with van der Waals surface area (Å²) in [5.41, 5.74) is 7.56. The molecule has 1 aliphatic carbocycles. The number of carbonyl (C=O) groups excluding carboxylic acids is 1. The summed E-state index contributed by atoms with van der Waals surface area (Å²) in [4.78, 5) is 12.1. The minimum atomic E-state index is -0.669. The van der Waals surface area contributed by atoms with Gasteiger partial charge in [-0.05, 0) is 31.4 Å². The highest BCUT2D eigenvalue weighted by Gasteiger charge is 2.36. The molecule has 0 unspecified atom stereocenters. The van der Waals surface area contributed by atoms with Gasteiger partial charge >= 0.3 is 0 Å².